The van der Waals surface area contributed by atoms with Crippen molar-refractivity contribution in [2.75, 3.05) is 0 Å². The molecule has 0 bridgehead atoms. The lowest BCUT2D eigenvalue weighted by Gasteiger charge is -2.07. The average molecular weight is 287 g/mol. The van der Waals surface area contributed by atoms with Gasteiger partial charge in [-0.1, -0.05) is 95.1 Å². The van der Waals surface area contributed by atoms with Crippen LogP contribution in [0.4, 0.5) is 0 Å². The van der Waals surface area contributed by atoms with Crippen LogP contribution in [0.15, 0.2) is 36.9 Å². The third-order valence-corrected chi connectivity index (χ3v) is 4.28. The molecule has 0 spiro atoms. The van der Waals surface area contributed by atoms with E-state index in [0.29, 0.717) is 0 Å². The van der Waals surface area contributed by atoms with E-state index in [2.05, 4.69) is 37.8 Å². The molecule has 21 heavy (non-hydrogen) atoms. The molecule has 1 aromatic rings. The molecule has 0 aliphatic carbocycles. The van der Waals surface area contributed by atoms with Crippen LogP contribution in [0.25, 0.3) is 0 Å². The van der Waals surface area contributed by atoms with Crippen LogP contribution in [0.2, 0.25) is 0 Å². The van der Waals surface area contributed by atoms with E-state index in [-0.39, 0.29) is 0 Å². The van der Waals surface area contributed by atoms with Crippen LogP contribution in [-0.4, -0.2) is 0 Å². The van der Waals surface area contributed by atoms with E-state index >= 15 is 0 Å². The predicted molar refractivity (Wildman–Crippen MR) is 95.9 cm³/mol. The van der Waals surface area contributed by atoms with Gasteiger partial charge in [-0.25, -0.2) is 0 Å². The number of hydrogen-bond acceptors (Lipinski definition) is 0. The zero-order chi connectivity index (χ0) is 15.2. The molecule has 0 fully saturated rings. The minimum absolute atomic E-state index is 1.01. The third kappa shape index (κ3) is 8.75. The number of allylic oxidation sites excluding steroid dienone is 1. The molecule has 0 saturated heterocycles. The van der Waals surface area contributed by atoms with Gasteiger partial charge < -0.3 is 0 Å². The first-order valence-electron chi connectivity index (χ1n) is 9.06. The van der Waals surface area contributed by atoms with Gasteiger partial charge in [-0.05, 0) is 30.4 Å². The second-order valence-electron chi connectivity index (χ2n) is 6.19. The monoisotopic (exact) mass is 286 g/mol. The fourth-order valence-electron chi connectivity index (χ4n) is 2.96. The fourth-order valence-corrected chi connectivity index (χ4v) is 2.96. The lowest BCUT2D eigenvalue weighted by molar-refractivity contribution is 0.556. The molecule has 0 radical (unpaired) electrons. The molecule has 0 aliphatic heterocycles. The van der Waals surface area contributed by atoms with Crippen molar-refractivity contribution in [2.24, 2.45) is 0 Å². The number of aryl methyl sites for hydroxylation is 1. The van der Waals surface area contributed by atoms with Gasteiger partial charge in [-0.2, -0.15) is 0 Å². The number of unbranched alkanes of at least 4 members (excludes halogenated alkanes) is 9. The first-order valence-corrected chi connectivity index (χ1v) is 9.06. The Kier molecular flexibility index (Phi) is 10.9. The van der Waals surface area contributed by atoms with E-state index in [0.717, 1.165) is 6.42 Å². The molecule has 0 aliphatic rings. The molecule has 0 saturated carbocycles. The van der Waals surface area contributed by atoms with Crippen molar-refractivity contribution < 1.29 is 0 Å². The van der Waals surface area contributed by atoms with E-state index in [4.69, 9.17) is 0 Å². The van der Waals surface area contributed by atoms with Gasteiger partial charge in [0.25, 0.3) is 0 Å². The molecule has 0 heterocycles. The lowest BCUT2D eigenvalue weighted by Crippen LogP contribution is -1.93. The maximum atomic E-state index is 3.85. The van der Waals surface area contributed by atoms with Gasteiger partial charge in [-0.15, -0.1) is 6.58 Å². The van der Waals surface area contributed by atoms with E-state index in [9.17, 15) is 0 Å². The Bertz CT molecular complexity index is 364. The van der Waals surface area contributed by atoms with Crippen molar-refractivity contribution in [1.82, 2.24) is 0 Å². The molecular formula is C21H34. The van der Waals surface area contributed by atoms with Crippen LogP contribution in [0, 0.1) is 0 Å². The normalized spacial score (nSPS) is 10.7. The summed E-state index contributed by atoms with van der Waals surface area (Å²) in [6.45, 7) is 6.14. The highest BCUT2D eigenvalue weighted by Crippen LogP contribution is 2.15. The Hall–Kier alpha value is -1.04. The standard InChI is InChI=1S/C21H34/c1-3-5-6-7-8-9-10-11-12-13-17-21-19-15-14-18-20(21)16-4-2/h4,14-15,18-19H,2-3,5-13,16-17H2,1H3. The molecule has 1 aromatic carbocycles. The van der Waals surface area contributed by atoms with Gasteiger partial charge >= 0.3 is 0 Å². The minimum Gasteiger partial charge on any atom is -0.103 e. The second-order valence-corrected chi connectivity index (χ2v) is 6.19. The summed E-state index contributed by atoms with van der Waals surface area (Å²) in [7, 11) is 0. The average Bonchev–Trinajstić information content (AvgIpc) is 2.51. The van der Waals surface area contributed by atoms with Gasteiger partial charge in [0.15, 0.2) is 0 Å². The zero-order valence-corrected chi connectivity index (χ0v) is 14.1. The molecule has 0 aromatic heterocycles. The number of benzene rings is 1. The van der Waals surface area contributed by atoms with Crippen molar-refractivity contribution in [1.29, 1.82) is 0 Å². The summed E-state index contributed by atoms with van der Waals surface area (Å²) in [6.07, 6.45) is 18.4. The topological polar surface area (TPSA) is 0 Å². The van der Waals surface area contributed by atoms with Gasteiger partial charge in [0.1, 0.15) is 0 Å². The summed E-state index contributed by atoms with van der Waals surface area (Å²) in [5, 5.41) is 0. The predicted octanol–water partition coefficient (Wildman–Crippen LogP) is 6.88. The molecule has 0 amide bonds. The van der Waals surface area contributed by atoms with E-state index in [1.54, 1.807) is 0 Å². The zero-order valence-electron chi connectivity index (χ0n) is 14.1. The quantitative estimate of drug-likeness (QED) is 0.274. The van der Waals surface area contributed by atoms with Gasteiger partial charge in [0.2, 0.25) is 0 Å². The van der Waals surface area contributed by atoms with Crippen LogP contribution in [0.3, 0.4) is 0 Å². The number of rotatable bonds is 13. The molecular weight excluding hydrogens is 252 g/mol. The Balaban J connectivity index is 2.03. The van der Waals surface area contributed by atoms with Crippen LogP contribution in [0.1, 0.15) is 82.3 Å². The van der Waals surface area contributed by atoms with Crippen LogP contribution in [0.5, 0.6) is 0 Å². The first kappa shape index (κ1) is 18.0. The minimum atomic E-state index is 1.01. The lowest BCUT2D eigenvalue weighted by atomic mass is 9.98. The second kappa shape index (κ2) is 12.7. The van der Waals surface area contributed by atoms with Crippen molar-refractivity contribution >= 4 is 0 Å². The molecule has 0 atom stereocenters. The Morgan fingerprint density at radius 2 is 1.29 bits per heavy atom. The number of hydrogen-bond donors (Lipinski definition) is 0. The van der Waals surface area contributed by atoms with Crippen LogP contribution >= 0.6 is 0 Å². The van der Waals surface area contributed by atoms with Crippen molar-refractivity contribution in [3.63, 3.8) is 0 Å². The van der Waals surface area contributed by atoms with Crippen molar-refractivity contribution in [3.8, 4) is 0 Å². The van der Waals surface area contributed by atoms with Gasteiger partial charge in [0, 0.05) is 0 Å². The Labute approximate surface area is 132 Å². The summed E-state index contributed by atoms with van der Waals surface area (Å²) in [5.41, 5.74) is 2.99. The molecule has 0 N–H and O–H groups in total. The largest absolute Gasteiger partial charge is 0.103 e. The van der Waals surface area contributed by atoms with Gasteiger partial charge in [-0.3, -0.25) is 0 Å². The maximum Gasteiger partial charge on any atom is -0.00974 e. The Morgan fingerprint density at radius 1 is 0.762 bits per heavy atom. The van der Waals surface area contributed by atoms with E-state index in [1.165, 1.54) is 81.8 Å². The van der Waals surface area contributed by atoms with Crippen LogP contribution in [-0.2, 0) is 12.8 Å². The van der Waals surface area contributed by atoms with Crippen molar-refractivity contribution in [2.45, 2.75) is 84.0 Å². The molecule has 0 heteroatoms. The maximum absolute atomic E-state index is 3.85. The van der Waals surface area contributed by atoms with E-state index < -0.39 is 0 Å². The first-order chi connectivity index (χ1) is 10.4. The Morgan fingerprint density at radius 3 is 1.86 bits per heavy atom. The molecule has 0 unspecified atom stereocenters. The van der Waals surface area contributed by atoms with E-state index in [1.807, 2.05) is 6.08 Å². The fraction of sp³-hybridized carbons (Fsp3) is 0.619. The molecule has 0 nitrogen and oxygen atoms in total. The highest BCUT2D eigenvalue weighted by molar-refractivity contribution is 5.28. The van der Waals surface area contributed by atoms with Crippen LogP contribution < -0.4 is 0 Å². The SMILES string of the molecule is C=CCc1ccccc1CCCCCCCCCCCC. The third-order valence-electron chi connectivity index (χ3n) is 4.28. The molecule has 1 rings (SSSR count). The summed E-state index contributed by atoms with van der Waals surface area (Å²) in [6, 6.07) is 8.83. The summed E-state index contributed by atoms with van der Waals surface area (Å²) in [5.74, 6) is 0. The summed E-state index contributed by atoms with van der Waals surface area (Å²) < 4.78 is 0. The van der Waals surface area contributed by atoms with Crippen molar-refractivity contribution in [3.05, 3.63) is 48.0 Å². The van der Waals surface area contributed by atoms with Gasteiger partial charge in [0.05, 0.1) is 0 Å². The highest BCUT2D eigenvalue weighted by atomic mass is 14.1. The summed E-state index contributed by atoms with van der Waals surface area (Å²) in [4.78, 5) is 0. The summed E-state index contributed by atoms with van der Waals surface area (Å²) >= 11 is 0. The smallest absolute Gasteiger partial charge is 0.00974 e. The molecule has 118 valence electrons. The highest BCUT2D eigenvalue weighted by Gasteiger charge is 2.00.